The highest BCUT2D eigenvalue weighted by atomic mass is 16.5. The van der Waals surface area contributed by atoms with E-state index < -0.39 is 0 Å². The fourth-order valence-corrected chi connectivity index (χ4v) is 3.25. The first kappa shape index (κ1) is 14.8. The van der Waals surface area contributed by atoms with Crippen molar-refractivity contribution in [1.82, 2.24) is 5.32 Å². The van der Waals surface area contributed by atoms with Gasteiger partial charge in [0.05, 0.1) is 6.10 Å². The Bertz CT molecular complexity index is 269. The van der Waals surface area contributed by atoms with Crippen LogP contribution in [0.4, 0.5) is 0 Å². The smallest absolute Gasteiger partial charge is 0.220 e. The average molecular weight is 268 g/mol. The van der Waals surface area contributed by atoms with Crippen LogP contribution in [0.2, 0.25) is 0 Å². The predicted octanol–water partition coefficient (Wildman–Crippen LogP) is 1.83. The van der Waals surface area contributed by atoms with Gasteiger partial charge >= 0.3 is 0 Å². The third-order valence-electron chi connectivity index (χ3n) is 4.59. The molecule has 0 spiro atoms. The van der Waals surface area contributed by atoms with Crippen molar-refractivity contribution in [1.29, 1.82) is 0 Å². The lowest BCUT2D eigenvalue weighted by molar-refractivity contribution is -0.122. The summed E-state index contributed by atoms with van der Waals surface area (Å²) in [6.45, 7) is 2.46. The summed E-state index contributed by atoms with van der Waals surface area (Å²) in [5.41, 5.74) is 5.68. The first-order chi connectivity index (χ1) is 9.28. The van der Waals surface area contributed by atoms with Crippen LogP contribution in [0.3, 0.4) is 0 Å². The highest BCUT2D eigenvalue weighted by molar-refractivity contribution is 5.76. The predicted molar refractivity (Wildman–Crippen MR) is 75.7 cm³/mol. The molecule has 0 radical (unpaired) electrons. The van der Waals surface area contributed by atoms with Gasteiger partial charge in [-0.05, 0) is 63.3 Å². The van der Waals surface area contributed by atoms with Gasteiger partial charge in [-0.15, -0.1) is 0 Å². The molecule has 0 aromatic rings. The minimum absolute atomic E-state index is 0.217. The normalized spacial score (nSPS) is 31.3. The summed E-state index contributed by atoms with van der Waals surface area (Å²) in [7, 11) is 0. The van der Waals surface area contributed by atoms with Crippen LogP contribution < -0.4 is 11.1 Å². The molecule has 0 bridgehead atoms. The number of hydrogen-bond donors (Lipinski definition) is 2. The van der Waals surface area contributed by atoms with E-state index in [4.69, 9.17) is 10.5 Å². The number of amides is 1. The van der Waals surface area contributed by atoms with E-state index in [1.165, 1.54) is 32.1 Å². The highest BCUT2D eigenvalue weighted by Crippen LogP contribution is 2.30. The Morgan fingerprint density at radius 1 is 1.16 bits per heavy atom. The van der Waals surface area contributed by atoms with Crippen molar-refractivity contribution >= 4 is 5.91 Å². The van der Waals surface area contributed by atoms with Gasteiger partial charge in [0.15, 0.2) is 0 Å². The lowest BCUT2D eigenvalue weighted by Crippen LogP contribution is -2.30. The molecule has 1 saturated carbocycles. The number of ether oxygens (including phenoxy) is 1. The molecule has 4 heteroatoms. The summed E-state index contributed by atoms with van der Waals surface area (Å²) < 4.78 is 5.55. The van der Waals surface area contributed by atoms with Crippen LogP contribution in [0.5, 0.6) is 0 Å². The van der Waals surface area contributed by atoms with E-state index in [1.54, 1.807) is 0 Å². The lowest BCUT2D eigenvalue weighted by atomic mass is 9.80. The van der Waals surface area contributed by atoms with Gasteiger partial charge < -0.3 is 15.8 Å². The van der Waals surface area contributed by atoms with Gasteiger partial charge in [-0.25, -0.2) is 0 Å². The molecule has 0 aromatic heterocycles. The van der Waals surface area contributed by atoms with E-state index in [0.29, 0.717) is 24.4 Å². The Morgan fingerprint density at radius 3 is 2.53 bits per heavy atom. The maximum atomic E-state index is 11.9. The Balaban J connectivity index is 1.54. The molecule has 1 aliphatic carbocycles. The third kappa shape index (κ3) is 5.11. The van der Waals surface area contributed by atoms with Crippen LogP contribution in [0, 0.1) is 11.8 Å². The maximum Gasteiger partial charge on any atom is 0.220 e. The van der Waals surface area contributed by atoms with Crippen LogP contribution in [-0.2, 0) is 9.53 Å². The third-order valence-corrected chi connectivity index (χ3v) is 4.59. The van der Waals surface area contributed by atoms with Gasteiger partial charge in [0.2, 0.25) is 5.91 Å². The molecular formula is C15H28N2O2. The number of hydrogen-bond acceptors (Lipinski definition) is 3. The van der Waals surface area contributed by atoms with Gasteiger partial charge in [0.25, 0.3) is 0 Å². The van der Waals surface area contributed by atoms with Crippen LogP contribution in [0.15, 0.2) is 0 Å². The standard InChI is InChI=1S/C15H28N2O2/c16-11-13-5-3-12(4-6-13)10-15(18)17-8-7-14-2-1-9-19-14/h12-14H,1-11,16H2,(H,17,18). The molecule has 19 heavy (non-hydrogen) atoms. The summed E-state index contributed by atoms with van der Waals surface area (Å²) in [6.07, 6.45) is 9.09. The van der Waals surface area contributed by atoms with Gasteiger partial charge in [0.1, 0.15) is 0 Å². The number of nitrogens with one attached hydrogen (secondary N) is 1. The topological polar surface area (TPSA) is 64.4 Å². The van der Waals surface area contributed by atoms with Gasteiger partial charge in [-0.1, -0.05) is 0 Å². The molecule has 2 fully saturated rings. The summed E-state index contributed by atoms with van der Waals surface area (Å²) >= 11 is 0. The van der Waals surface area contributed by atoms with E-state index in [2.05, 4.69) is 5.32 Å². The van der Waals surface area contributed by atoms with Crippen molar-refractivity contribution in [2.45, 2.75) is 57.5 Å². The van der Waals surface area contributed by atoms with E-state index in [-0.39, 0.29) is 5.91 Å². The molecule has 4 nitrogen and oxygen atoms in total. The summed E-state index contributed by atoms with van der Waals surface area (Å²) in [5.74, 6) is 1.48. The van der Waals surface area contributed by atoms with Crippen LogP contribution in [0.1, 0.15) is 51.4 Å². The fourth-order valence-electron chi connectivity index (χ4n) is 3.25. The minimum atomic E-state index is 0.217. The fraction of sp³-hybridized carbons (Fsp3) is 0.933. The molecule has 110 valence electrons. The van der Waals surface area contributed by atoms with Gasteiger partial charge in [-0.3, -0.25) is 4.79 Å². The summed E-state index contributed by atoms with van der Waals surface area (Å²) in [4.78, 5) is 11.9. The Morgan fingerprint density at radius 2 is 1.89 bits per heavy atom. The first-order valence-electron chi connectivity index (χ1n) is 7.86. The first-order valence-corrected chi connectivity index (χ1v) is 7.86. The lowest BCUT2D eigenvalue weighted by Gasteiger charge is -2.27. The molecular weight excluding hydrogens is 240 g/mol. The summed E-state index contributed by atoms with van der Waals surface area (Å²) in [6, 6.07) is 0. The molecule has 1 unspecified atom stereocenters. The van der Waals surface area contributed by atoms with E-state index in [1.807, 2.05) is 0 Å². The molecule has 3 N–H and O–H groups in total. The Kier molecular flexibility index (Phi) is 6.11. The van der Waals surface area contributed by atoms with Crippen LogP contribution in [0.25, 0.3) is 0 Å². The quantitative estimate of drug-likeness (QED) is 0.772. The number of nitrogens with two attached hydrogens (primary N) is 1. The molecule has 1 amide bonds. The zero-order valence-electron chi connectivity index (χ0n) is 11.9. The van der Waals surface area contributed by atoms with E-state index >= 15 is 0 Å². The molecule has 0 aromatic carbocycles. The van der Waals surface area contributed by atoms with Crippen molar-refractivity contribution in [3.05, 3.63) is 0 Å². The second-order valence-corrected chi connectivity index (χ2v) is 6.10. The monoisotopic (exact) mass is 268 g/mol. The van der Waals surface area contributed by atoms with E-state index in [9.17, 15) is 4.79 Å². The maximum absolute atomic E-state index is 11.9. The Hall–Kier alpha value is -0.610. The second-order valence-electron chi connectivity index (χ2n) is 6.10. The molecule has 1 saturated heterocycles. The van der Waals surface area contributed by atoms with Crippen molar-refractivity contribution in [2.24, 2.45) is 17.6 Å². The zero-order chi connectivity index (χ0) is 13.5. The largest absolute Gasteiger partial charge is 0.378 e. The minimum Gasteiger partial charge on any atom is -0.378 e. The molecule has 1 heterocycles. The number of rotatable bonds is 6. The van der Waals surface area contributed by atoms with Crippen molar-refractivity contribution in [3.8, 4) is 0 Å². The average Bonchev–Trinajstić information content (AvgIpc) is 2.93. The van der Waals surface area contributed by atoms with Crippen molar-refractivity contribution < 1.29 is 9.53 Å². The van der Waals surface area contributed by atoms with Crippen LogP contribution in [-0.4, -0.2) is 31.7 Å². The van der Waals surface area contributed by atoms with Crippen molar-refractivity contribution in [3.63, 3.8) is 0 Å². The molecule has 2 aliphatic rings. The van der Waals surface area contributed by atoms with Crippen molar-refractivity contribution in [2.75, 3.05) is 19.7 Å². The van der Waals surface area contributed by atoms with E-state index in [0.717, 1.165) is 32.5 Å². The number of carbonyl (C=O) groups is 1. The molecule has 1 atom stereocenters. The zero-order valence-corrected chi connectivity index (χ0v) is 11.9. The van der Waals surface area contributed by atoms with Crippen LogP contribution >= 0.6 is 0 Å². The van der Waals surface area contributed by atoms with Gasteiger partial charge in [-0.2, -0.15) is 0 Å². The SMILES string of the molecule is NCC1CCC(CC(=O)NCCC2CCCO2)CC1. The second kappa shape index (κ2) is 7.85. The molecule has 2 rings (SSSR count). The van der Waals surface area contributed by atoms with Gasteiger partial charge in [0, 0.05) is 19.6 Å². The summed E-state index contributed by atoms with van der Waals surface area (Å²) in [5, 5.41) is 3.04. The highest BCUT2D eigenvalue weighted by Gasteiger charge is 2.22. The molecule has 1 aliphatic heterocycles. The Labute approximate surface area is 116 Å². The number of carbonyl (C=O) groups excluding carboxylic acids is 1.